The second-order valence-corrected chi connectivity index (χ2v) is 4.60. The number of nitrogens with zero attached hydrogens (tertiary/aromatic N) is 1. The van der Waals surface area contributed by atoms with Crippen LogP contribution >= 0.6 is 23.2 Å². The summed E-state index contributed by atoms with van der Waals surface area (Å²) in [7, 11) is 0. The summed E-state index contributed by atoms with van der Waals surface area (Å²) in [6, 6.07) is 11.0. The van der Waals surface area contributed by atoms with Gasteiger partial charge in [0.15, 0.2) is 0 Å². The summed E-state index contributed by atoms with van der Waals surface area (Å²) in [6.45, 7) is 0.238. The monoisotopic (exact) mass is 295 g/mol. The van der Waals surface area contributed by atoms with E-state index in [-0.39, 0.29) is 12.2 Å². The Morgan fingerprint density at radius 3 is 2.53 bits per heavy atom. The van der Waals surface area contributed by atoms with Gasteiger partial charge in [-0.1, -0.05) is 29.3 Å². The van der Waals surface area contributed by atoms with Crippen molar-refractivity contribution in [2.75, 3.05) is 0 Å². The fraction of sp³-hybridized carbons (Fsp3) is 0.0714. The Bertz CT molecular complexity index is 652. The van der Waals surface area contributed by atoms with E-state index in [1.807, 2.05) is 0 Å². The van der Waals surface area contributed by atoms with Gasteiger partial charge in [0.1, 0.15) is 24.2 Å². The van der Waals surface area contributed by atoms with Crippen LogP contribution in [0.4, 0.5) is 4.39 Å². The molecule has 0 aromatic heterocycles. The molecule has 2 aromatic carbocycles. The van der Waals surface area contributed by atoms with Gasteiger partial charge >= 0.3 is 0 Å². The average Bonchev–Trinajstić information content (AvgIpc) is 2.40. The summed E-state index contributed by atoms with van der Waals surface area (Å²) < 4.78 is 18.8. The Morgan fingerprint density at radius 1 is 1.11 bits per heavy atom. The molecule has 0 atom stereocenters. The van der Waals surface area contributed by atoms with Crippen molar-refractivity contribution in [1.82, 2.24) is 0 Å². The zero-order chi connectivity index (χ0) is 13.8. The van der Waals surface area contributed by atoms with Crippen LogP contribution in [-0.4, -0.2) is 0 Å². The lowest BCUT2D eigenvalue weighted by Crippen LogP contribution is -1.96. The predicted octanol–water partition coefficient (Wildman–Crippen LogP) is 4.58. The summed E-state index contributed by atoms with van der Waals surface area (Å²) in [4.78, 5) is 0. The van der Waals surface area contributed by atoms with E-state index < -0.39 is 5.82 Å². The molecule has 0 radical (unpaired) electrons. The lowest BCUT2D eigenvalue weighted by atomic mass is 10.2. The van der Waals surface area contributed by atoms with Gasteiger partial charge in [0, 0.05) is 6.07 Å². The third-order valence-corrected chi connectivity index (χ3v) is 3.19. The molecule has 0 aliphatic rings. The van der Waals surface area contributed by atoms with Crippen LogP contribution in [0.2, 0.25) is 10.0 Å². The lowest BCUT2D eigenvalue weighted by Gasteiger charge is -2.07. The minimum Gasteiger partial charge on any atom is -0.489 e. The van der Waals surface area contributed by atoms with Crippen LogP contribution in [0.1, 0.15) is 11.1 Å². The van der Waals surface area contributed by atoms with Gasteiger partial charge in [-0.15, -0.1) is 0 Å². The highest BCUT2D eigenvalue weighted by molar-refractivity contribution is 6.42. The number of nitriles is 1. The summed E-state index contributed by atoms with van der Waals surface area (Å²) in [5, 5.41) is 9.52. The van der Waals surface area contributed by atoms with Gasteiger partial charge in [0.2, 0.25) is 0 Å². The molecule has 0 amide bonds. The van der Waals surface area contributed by atoms with E-state index in [0.29, 0.717) is 15.8 Å². The third-order valence-electron chi connectivity index (χ3n) is 2.45. The summed E-state index contributed by atoms with van der Waals surface area (Å²) in [5.41, 5.74) is 0.807. The van der Waals surface area contributed by atoms with E-state index in [4.69, 9.17) is 33.2 Å². The van der Waals surface area contributed by atoms with Crippen molar-refractivity contribution in [3.8, 4) is 11.8 Å². The smallest absolute Gasteiger partial charge is 0.144 e. The number of ether oxygens (including phenoxy) is 1. The molecule has 0 saturated heterocycles. The molecule has 19 heavy (non-hydrogen) atoms. The Balaban J connectivity index is 2.08. The van der Waals surface area contributed by atoms with Crippen molar-refractivity contribution in [2.45, 2.75) is 6.61 Å². The molecular formula is C14H8Cl2FNO. The Morgan fingerprint density at radius 2 is 1.89 bits per heavy atom. The Labute approximate surface area is 119 Å². The SMILES string of the molecule is N#Cc1ccc(OCc2ccc(Cl)c(Cl)c2)cc1F. The minimum absolute atomic E-state index is 0.0121. The molecule has 0 aliphatic heterocycles. The molecule has 0 unspecified atom stereocenters. The standard InChI is InChI=1S/C14H8Cl2FNO/c15-12-4-1-9(5-13(12)16)8-19-11-3-2-10(7-18)14(17)6-11/h1-6H,8H2. The molecule has 2 rings (SSSR count). The highest BCUT2D eigenvalue weighted by atomic mass is 35.5. The van der Waals surface area contributed by atoms with Crippen molar-refractivity contribution in [3.63, 3.8) is 0 Å². The molecular weight excluding hydrogens is 288 g/mol. The number of rotatable bonds is 3. The van der Waals surface area contributed by atoms with Gasteiger partial charge in [-0.3, -0.25) is 0 Å². The van der Waals surface area contributed by atoms with Crippen LogP contribution in [0.3, 0.4) is 0 Å². The van der Waals surface area contributed by atoms with E-state index in [9.17, 15) is 4.39 Å². The van der Waals surface area contributed by atoms with Crippen LogP contribution < -0.4 is 4.74 Å². The number of hydrogen-bond acceptors (Lipinski definition) is 2. The second-order valence-electron chi connectivity index (χ2n) is 3.79. The van der Waals surface area contributed by atoms with Gasteiger partial charge in [-0.25, -0.2) is 4.39 Å². The second kappa shape index (κ2) is 5.92. The zero-order valence-electron chi connectivity index (χ0n) is 9.66. The predicted molar refractivity (Wildman–Crippen MR) is 71.9 cm³/mol. The first-order chi connectivity index (χ1) is 9.10. The van der Waals surface area contributed by atoms with Gasteiger partial charge in [0.05, 0.1) is 15.6 Å². The molecule has 96 valence electrons. The average molecular weight is 296 g/mol. The first-order valence-electron chi connectivity index (χ1n) is 5.36. The van der Waals surface area contributed by atoms with Gasteiger partial charge in [-0.2, -0.15) is 5.26 Å². The number of benzene rings is 2. The fourth-order valence-electron chi connectivity index (χ4n) is 1.47. The molecule has 0 N–H and O–H groups in total. The summed E-state index contributed by atoms with van der Waals surface area (Å²) in [6.07, 6.45) is 0. The maximum Gasteiger partial charge on any atom is 0.144 e. The maximum atomic E-state index is 13.4. The van der Waals surface area contributed by atoms with Crippen LogP contribution in [0.5, 0.6) is 5.75 Å². The largest absolute Gasteiger partial charge is 0.489 e. The van der Waals surface area contributed by atoms with Gasteiger partial charge < -0.3 is 4.74 Å². The number of hydrogen-bond donors (Lipinski definition) is 0. The molecule has 0 saturated carbocycles. The fourth-order valence-corrected chi connectivity index (χ4v) is 1.79. The number of halogens is 3. The summed E-state index contributed by atoms with van der Waals surface area (Å²) >= 11 is 11.7. The van der Waals surface area contributed by atoms with Crippen molar-refractivity contribution < 1.29 is 9.13 Å². The summed E-state index contributed by atoms with van der Waals surface area (Å²) in [5.74, 6) is -0.253. The van der Waals surface area contributed by atoms with Crippen molar-refractivity contribution in [3.05, 3.63) is 63.4 Å². The first-order valence-corrected chi connectivity index (χ1v) is 6.12. The molecule has 5 heteroatoms. The normalized spacial score (nSPS) is 10.0. The quantitative estimate of drug-likeness (QED) is 0.830. The Kier molecular flexibility index (Phi) is 4.26. The molecule has 2 aromatic rings. The molecule has 0 heterocycles. The van der Waals surface area contributed by atoms with E-state index in [1.165, 1.54) is 12.1 Å². The molecule has 0 aliphatic carbocycles. The zero-order valence-corrected chi connectivity index (χ0v) is 11.2. The highest BCUT2D eigenvalue weighted by Gasteiger charge is 2.04. The van der Waals surface area contributed by atoms with E-state index >= 15 is 0 Å². The minimum atomic E-state index is -0.603. The van der Waals surface area contributed by atoms with Crippen LogP contribution in [0.25, 0.3) is 0 Å². The molecule has 2 nitrogen and oxygen atoms in total. The van der Waals surface area contributed by atoms with E-state index in [0.717, 1.165) is 5.56 Å². The maximum absolute atomic E-state index is 13.4. The molecule has 0 spiro atoms. The van der Waals surface area contributed by atoms with Crippen LogP contribution in [0.15, 0.2) is 36.4 Å². The van der Waals surface area contributed by atoms with Gasteiger partial charge in [-0.05, 0) is 29.8 Å². The highest BCUT2D eigenvalue weighted by Crippen LogP contribution is 2.23. The lowest BCUT2D eigenvalue weighted by molar-refractivity contribution is 0.304. The van der Waals surface area contributed by atoms with E-state index in [2.05, 4.69) is 0 Å². The van der Waals surface area contributed by atoms with E-state index in [1.54, 1.807) is 30.3 Å². The molecule has 0 fully saturated rings. The van der Waals surface area contributed by atoms with Crippen molar-refractivity contribution >= 4 is 23.2 Å². The van der Waals surface area contributed by atoms with Crippen LogP contribution in [0, 0.1) is 17.1 Å². The Hall–Kier alpha value is -1.76. The molecule has 0 bridgehead atoms. The van der Waals surface area contributed by atoms with Crippen molar-refractivity contribution in [2.24, 2.45) is 0 Å². The van der Waals surface area contributed by atoms with Crippen molar-refractivity contribution in [1.29, 1.82) is 5.26 Å². The van der Waals surface area contributed by atoms with Crippen LogP contribution in [-0.2, 0) is 6.61 Å². The van der Waals surface area contributed by atoms with Gasteiger partial charge in [0.25, 0.3) is 0 Å². The third kappa shape index (κ3) is 3.37. The first kappa shape index (κ1) is 13.7. The topological polar surface area (TPSA) is 33.0 Å².